The summed E-state index contributed by atoms with van der Waals surface area (Å²) in [4.78, 5) is 30.3. The van der Waals surface area contributed by atoms with Gasteiger partial charge in [-0.15, -0.1) is 0 Å². The summed E-state index contributed by atoms with van der Waals surface area (Å²) in [6.07, 6.45) is 4.08. The molecule has 6 nitrogen and oxygen atoms in total. The molecule has 1 N–H and O–H groups in total. The van der Waals surface area contributed by atoms with E-state index in [9.17, 15) is 9.59 Å². The number of amides is 2. The van der Waals surface area contributed by atoms with Crippen LogP contribution in [0.25, 0.3) is 0 Å². The van der Waals surface area contributed by atoms with Gasteiger partial charge in [-0.25, -0.2) is 14.6 Å². The molecule has 1 saturated heterocycles. The highest BCUT2D eigenvalue weighted by molar-refractivity contribution is 5.74. The van der Waals surface area contributed by atoms with E-state index >= 15 is 0 Å². The van der Waals surface area contributed by atoms with Crippen molar-refractivity contribution in [1.29, 1.82) is 0 Å². The van der Waals surface area contributed by atoms with Crippen LogP contribution in [-0.4, -0.2) is 53.0 Å². The molecule has 0 spiro atoms. The van der Waals surface area contributed by atoms with Crippen molar-refractivity contribution in [2.24, 2.45) is 0 Å². The van der Waals surface area contributed by atoms with Gasteiger partial charge in [-0.3, -0.25) is 0 Å². The third-order valence-corrected chi connectivity index (χ3v) is 2.22. The van der Waals surface area contributed by atoms with Gasteiger partial charge >= 0.3 is 11.7 Å². The summed E-state index contributed by atoms with van der Waals surface area (Å²) in [5, 5.41) is 0. The smallest absolute Gasteiger partial charge is 0.328 e. The largest absolute Gasteiger partial charge is 0.344 e. The van der Waals surface area contributed by atoms with E-state index < -0.39 is 0 Å². The highest BCUT2D eigenvalue weighted by Crippen LogP contribution is 2.02. The van der Waals surface area contributed by atoms with Gasteiger partial charge in [-0.05, 0) is 12.5 Å². The topological polar surface area (TPSA) is 69.3 Å². The Morgan fingerprint density at radius 1 is 1.25 bits per heavy atom. The Hall–Kier alpha value is -1.85. The van der Waals surface area contributed by atoms with Crippen LogP contribution in [0.3, 0.4) is 0 Å². The lowest BCUT2D eigenvalue weighted by atomic mass is 10.3. The van der Waals surface area contributed by atoms with Gasteiger partial charge < -0.3 is 14.8 Å². The summed E-state index contributed by atoms with van der Waals surface area (Å²) in [5.41, 5.74) is -0.303. The average Bonchev–Trinajstić information content (AvgIpc) is 2.28. The van der Waals surface area contributed by atoms with Crippen molar-refractivity contribution in [3.63, 3.8) is 0 Å². The minimum atomic E-state index is -0.303. The number of aromatic amines is 1. The van der Waals surface area contributed by atoms with Crippen LogP contribution in [0.2, 0.25) is 0 Å². The van der Waals surface area contributed by atoms with Crippen LogP contribution in [0.15, 0.2) is 23.3 Å². The minimum absolute atomic E-state index is 0.140. The molecule has 1 aromatic heterocycles. The molecule has 0 saturated carbocycles. The average molecular weight is 224 g/mol. The first-order valence-corrected chi connectivity index (χ1v) is 5.07. The molecule has 1 aliphatic heterocycles. The zero-order valence-corrected chi connectivity index (χ0v) is 9.51. The van der Waals surface area contributed by atoms with E-state index in [1.807, 2.05) is 14.1 Å². The highest BCUT2D eigenvalue weighted by atomic mass is 16.2. The number of H-pyrrole nitrogens is 1. The Balaban J connectivity index is 0.000000165. The van der Waals surface area contributed by atoms with Gasteiger partial charge in [0, 0.05) is 39.6 Å². The zero-order chi connectivity index (χ0) is 12.0. The van der Waals surface area contributed by atoms with Crippen LogP contribution in [0, 0.1) is 0 Å². The van der Waals surface area contributed by atoms with Crippen LogP contribution in [0.1, 0.15) is 6.42 Å². The first-order chi connectivity index (χ1) is 7.61. The standard InChI is InChI=1S/C6H12N2O.C4H4N2O/c1-7-4-3-5-8(2)6(7)9;7-4-5-2-1-3-6-4/h3-5H2,1-2H3;1-3H,(H,5,6,7). The molecule has 2 heterocycles. The molecule has 88 valence electrons. The maximum atomic E-state index is 11.0. The van der Waals surface area contributed by atoms with Gasteiger partial charge in [0.15, 0.2) is 0 Å². The predicted molar refractivity (Wildman–Crippen MR) is 60.1 cm³/mol. The fraction of sp³-hybridized carbons (Fsp3) is 0.500. The monoisotopic (exact) mass is 224 g/mol. The van der Waals surface area contributed by atoms with Crippen LogP contribution < -0.4 is 5.69 Å². The fourth-order valence-corrected chi connectivity index (χ4v) is 1.34. The van der Waals surface area contributed by atoms with Crippen LogP contribution in [-0.2, 0) is 0 Å². The molecule has 16 heavy (non-hydrogen) atoms. The quantitative estimate of drug-likeness (QED) is 0.681. The first kappa shape index (κ1) is 12.2. The molecular formula is C10H16N4O2. The molecule has 1 aromatic rings. The third kappa shape index (κ3) is 3.72. The van der Waals surface area contributed by atoms with E-state index in [0.29, 0.717) is 0 Å². The Morgan fingerprint density at radius 2 is 1.88 bits per heavy atom. The van der Waals surface area contributed by atoms with Gasteiger partial charge in [0.1, 0.15) is 0 Å². The van der Waals surface area contributed by atoms with E-state index in [1.54, 1.807) is 15.9 Å². The molecule has 0 aromatic carbocycles. The molecule has 6 heteroatoms. The van der Waals surface area contributed by atoms with Crippen LogP contribution in [0.4, 0.5) is 4.79 Å². The van der Waals surface area contributed by atoms with Gasteiger partial charge in [0.05, 0.1) is 0 Å². The Labute approximate surface area is 93.9 Å². The molecule has 0 aliphatic carbocycles. The third-order valence-electron chi connectivity index (χ3n) is 2.22. The molecular weight excluding hydrogens is 208 g/mol. The van der Waals surface area contributed by atoms with Crippen molar-refractivity contribution in [2.45, 2.75) is 6.42 Å². The second-order valence-corrected chi connectivity index (χ2v) is 3.57. The lowest BCUT2D eigenvalue weighted by Crippen LogP contribution is -2.44. The van der Waals surface area contributed by atoms with E-state index in [0.717, 1.165) is 19.5 Å². The van der Waals surface area contributed by atoms with Crippen molar-refractivity contribution in [1.82, 2.24) is 19.8 Å². The molecule has 0 bridgehead atoms. The Kier molecular flexibility index (Phi) is 4.50. The first-order valence-electron chi connectivity index (χ1n) is 5.07. The summed E-state index contributed by atoms with van der Waals surface area (Å²) in [6, 6.07) is 1.79. The number of nitrogens with one attached hydrogen (secondary N) is 1. The van der Waals surface area contributed by atoms with E-state index in [1.165, 1.54) is 12.4 Å². The summed E-state index contributed by atoms with van der Waals surface area (Å²) in [5.74, 6) is 0. The second kappa shape index (κ2) is 5.89. The number of aromatic nitrogens is 2. The minimum Gasteiger partial charge on any atom is -0.328 e. The van der Waals surface area contributed by atoms with E-state index in [-0.39, 0.29) is 11.7 Å². The molecule has 0 radical (unpaired) electrons. The number of urea groups is 1. The molecule has 2 rings (SSSR count). The van der Waals surface area contributed by atoms with Gasteiger partial charge in [-0.2, -0.15) is 0 Å². The zero-order valence-electron chi connectivity index (χ0n) is 9.51. The predicted octanol–water partition coefficient (Wildman–Crippen LogP) is 0.144. The summed E-state index contributed by atoms with van der Waals surface area (Å²) in [7, 11) is 3.66. The van der Waals surface area contributed by atoms with Crippen molar-refractivity contribution in [3.8, 4) is 0 Å². The van der Waals surface area contributed by atoms with Crippen molar-refractivity contribution < 1.29 is 4.79 Å². The molecule has 1 fully saturated rings. The molecule has 0 atom stereocenters. The Morgan fingerprint density at radius 3 is 2.19 bits per heavy atom. The van der Waals surface area contributed by atoms with Crippen molar-refractivity contribution in [3.05, 3.63) is 28.9 Å². The van der Waals surface area contributed by atoms with Gasteiger partial charge in [-0.1, -0.05) is 0 Å². The van der Waals surface area contributed by atoms with E-state index in [2.05, 4.69) is 9.97 Å². The summed E-state index contributed by atoms with van der Waals surface area (Å²) >= 11 is 0. The van der Waals surface area contributed by atoms with Gasteiger partial charge in [0.2, 0.25) is 0 Å². The Bertz CT molecular complexity index is 361. The molecule has 1 aliphatic rings. The number of carbonyl (C=O) groups is 1. The van der Waals surface area contributed by atoms with Crippen LogP contribution >= 0.6 is 0 Å². The molecule has 2 amide bonds. The number of hydrogen-bond donors (Lipinski definition) is 1. The highest BCUT2D eigenvalue weighted by Gasteiger charge is 2.17. The number of carbonyl (C=O) groups excluding carboxylic acids is 1. The lowest BCUT2D eigenvalue weighted by Gasteiger charge is -2.30. The lowest BCUT2D eigenvalue weighted by molar-refractivity contribution is 0.153. The van der Waals surface area contributed by atoms with Gasteiger partial charge in [0.25, 0.3) is 0 Å². The fourth-order valence-electron chi connectivity index (χ4n) is 1.34. The maximum Gasteiger partial charge on any atom is 0.344 e. The van der Waals surface area contributed by atoms with Crippen molar-refractivity contribution in [2.75, 3.05) is 27.2 Å². The van der Waals surface area contributed by atoms with Crippen LogP contribution in [0.5, 0.6) is 0 Å². The SMILES string of the molecule is CN1CCCN(C)C1=O.O=c1nccc[nH]1. The normalized spacial score (nSPS) is 15.5. The van der Waals surface area contributed by atoms with Crippen molar-refractivity contribution >= 4 is 6.03 Å². The summed E-state index contributed by atoms with van der Waals surface area (Å²) in [6.45, 7) is 1.81. The number of nitrogens with zero attached hydrogens (tertiary/aromatic N) is 3. The molecule has 0 unspecified atom stereocenters. The van der Waals surface area contributed by atoms with E-state index in [4.69, 9.17) is 0 Å². The number of rotatable bonds is 0. The number of hydrogen-bond acceptors (Lipinski definition) is 3. The second-order valence-electron chi connectivity index (χ2n) is 3.57. The maximum absolute atomic E-state index is 11.0. The summed E-state index contributed by atoms with van der Waals surface area (Å²) < 4.78 is 0.